The number of amides is 2. The van der Waals surface area contributed by atoms with Crippen LogP contribution in [-0.4, -0.2) is 39.8 Å². The van der Waals surface area contributed by atoms with Crippen LogP contribution in [0.5, 0.6) is 0 Å². The molecule has 7 heteroatoms. The number of nitrogen functional groups attached to an aromatic ring is 1. The first-order valence-electron chi connectivity index (χ1n) is 9.94. The number of benzene rings is 1. The average molecular weight is 377 g/mol. The quantitative estimate of drug-likeness (QED) is 0.792. The number of fused-ring (bicyclic) bond motifs is 3. The van der Waals surface area contributed by atoms with Gasteiger partial charge in [-0.15, -0.1) is 0 Å². The van der Waals surface area contributed by atoms with Gasteiger partial charge in [0.1, 0.15) is 5.69 Å². The van der Waals surface area contributed by atoms with Gasteiger partial charge in [-0.2, -0.15) is 0 Å². The van der Waals surface area contributed by atoms with E-state index in [1.54, 1.807) is 0 Å². The molecule has 2 aliphatic heterocycles. The highest BCUT2D eigenvalue weighted by atomic mass is 16.2. The number of aryl methyl sites for hydroxylation is 1. The van der Waals surface area contributed by atoms with Gasteiger partial charge < -0.3 is 16.0 Å². The molecule has 0 saturated carbocycles. The van der Waals surface area contributed by atoms with Crippen LogP contribution in [0.15, 0.2) is 24.3 Å². The van der Waals surface area contributed by atoms with Crippen LogP contribution in [0.25, 0.3) is 0 Å². The van der Waals surface area contributed by atoms with Crippen molar-refractivity contribution in [2.45, 2.75) is 43.9 Å². The summed E-state index contributed by atoms with van der Waals surface area (Å²) in [7, 11) is 0. The number of nitrogens with two attached hydrogens (primary N) is 1. The number of hydrogen-bond acceptors (Lipinski definition) is 5. The van der Waals surface area contributed by atoms with Crippen molar-refractivity contribution in [1.82, 2.24) is 14.9 Å². The van der Waals surface area contributed by atoms with Crippen LogP contribution in [-0.2, 0) is 23.1 Å². The summed E-state index contributed by atoms with van der Waals surface area (Å²) in [5.74, 6) is 0.125. The number of rotatable bonds is 1. The molecule has 28 heavy (non-hydrogen) atoms. The number of aromatic nitrogens is 2. The molecule has 144 valence electrons. The minimum absolute atomic E-state index is 0.0458. The van der Waals surface area contributed by atoms with E-state index in [9.17, 15) is 9.59 Å². The Labute approximate surface area is 163 Å². The van der Waals surface area contributed by atoms with E-state index in [1.165, 1.54) is 0 Å². The van der Waals surface area contributed by atoms with Gasteiger partial charge >= 0.3 is 0 Å². The second-order valence-corrected chi connectivity index (χ2v) is 7.94. The number of nitrogens with one attached hydrogen (secondary N) is 1. The Kier molecular flexibility index (Phi) is 3.86. The highest BCUT2D eigenvalue weighted by molar-refractivity contribution is 6.06. The molecule has 0 atom stereocenters. The van der Waals surface area contributed by atoms with Crippen LogP contribution in [0.2, 0.25) is 0 Å². The fourth-order valence-corrected chi connectivity index (χ4v) is 4.90. The number of carbonyl (C=O) groups is 2. The molecule has 1 aromatic carbocycles. The van der Waals surface area contributed by atoms with Crippen molar-refractivity contribution in [2.75, 3.05) is 24.1 Å². The number of para-hydroxylation sites is 1. The maximum absolute atomic E-state index is 13.2. The van der Waals surface area contributed by atoms with E-state index in [-0.39, 0.29) is 17.8 Å². The van der Waals surface area contributed by atoms with Gasteiger partial charge in [0.05, 0.1) is 5.41 Å². The summed E-state index contributed by atoms with van der Waals surface area (Å²) in [6.07, 6.45) is 5.01. The molecule has 1 spiro atoms. The normalized spacial score (nSPS) is 19.9. The zero-order valence-electron chi connectivity index (χ0n) is 15.7. The SMILES string of the molecule is Nc1nc2c(c(C(=O)N3CCC4(CC3)C(=O)Nc3ccccc34)n1)CCCC2. The largest absolute Gasteiger partial charge is 0.368 e. The number of likely N-dealkylation sites (tertiary alicyclic amines) is 1. The summed E-state index contributed by atoms with van der Waals surface area (Å²) >= 11 is 0. The van der Waals surface area contributed by atoms with Gasteiger partial charge in [-0.25, -0.2) is 9.97 Å². The molecule has 1 fully saturated rings. The molecule has 7 nitrogen and oxygen atoms in total. The van der Waals surface area contributed by atoms with E-state index in [0.29, 0.717) is 31.6 Å². The van der Waals surface area contributed by atoms with E-state index in [0.717, 1.165) is 48.2 Å². The molecule has 2 aromatic rings. The monoisotopic (exact) mass is 377 g/mol. The Morgan fingerprint density at radius 3 is 2.68 bits per heavy atom. The van der Waals surface area contributed by atoms with Gasteiger partial charge in [-0.3, -0.25) is 9.59 Å². The summed E-state index contributed by atoms with van der Waals surface area (Å²) in [4.78, 5) is 36.4. The molecule has 2 amide bonds. The van der Waals surface area contributed by atoms with E-state index in [2.05, 4.69) is 15.3 Å². The smallest absolute Gasteiger partial charge is 0.272 e. The van der Waals surface area contributed by atoms with Gasteiger partial charge in [0, 0.05) is 30.0 Å². The third kappa shape index (κ3) is 2.49. The van der Waals surface area contributed by atoms with Crippen LogP contribution < -0.4 is 11.1 Å². The van der Waals surface area contributed by atoms with Crippen LogP contribution in [0, 0.1) is 0 Å². The first kappa shape index (κ1) is 17.2. The topological polar surface area (TPSA) is 101 Å². The maximum atomic E-state index is 13.2. The predicted octanol–water partition coefficient (Wildman–Crippen LogP) is 2.06. The number of piperidine rings is 1. The highest BCUT2D eigenvalue weighted by Crippen LogP contribution is 2.44. The minimum atomic E-state index is -0.530. The molecule has 1 saturated heterocycles. The summed E-state index contributed by atoms with van der Waals surface area (Å²) in [5.41, 5.74) is 9.61. The fourth-order valence-electron chi connectivity index (χ4n) is 4.90. The van der Waals surface area contributed by atoms with Crippen LogP contribution in [0.1, 0.15) is 53.0 Å². The lowest BCUT2D eigenvalue weighted by Crippen LogP contribution is -2.48. The molecule has 1 aliphatic carbocycles. The number of nitrogens with zero attached hydrogens (tertiary/aromatic N) is 3. The van der Waals surface area contributed by atoms with E-state index >= 15 is 0 Å². The Balaban J connectivity index is 1.41. The van der Waals surface area contributed by atoms with Gasteiger partial charge in [0.2, 0.25) is 11.9 Å². The van der Waals surface area contributed by atoms with Crippen molar-refractivity contribution in [3.05, 3.63) is 46.8 Å². The summed E-state index contributed by atoms with van der Waals surface area (Å²) < 4.78 is 0. The minimum Gasteiger partial charge on any atom is -0.368 e. The molecule has 3 aliphatic rings. The van der Waals surface area contributed by atoms with Crippen LogP contribution in [0.3, 0.4) is 0 Å². The Morgan fingerprint density at radius 1 is 1.11 bits per heavy atom. The fraction of sp³-hybridized carbons (Fsp3) is 0.429. The molecule has 0 radical (unpaired) electrons. The Morgan fingerprint density at radius 2 is 1.86 bits per heavy atom. The first-order valence-corrected chi connectivity index (χ1v) is 9.94. The number of anilines is 2. The maximum Gasteiger partial charge on any atom is 0.272 e. The lowest BCUT2D eigenvalue weighted by atomic mass is 9.73. The van der Waals surface area contributed by atoms with Crippen molar-refractivity contribution in [1.29, 1.82) is 0 Å². The van der Waals surface area contributed by atoms with E-state index in [4.69, 9.17) is 5.73 Å². The van der Waals surface area contributed by atoms with Crippen molar-refractivity contribution in [3.8, 4) is 0 Å². The molecular formula is C21H23N5O2. The van der Waals surface area contributed by atoms with Gasteiger partial charge in [0.15, 0.2) is 0 Å². The molecule has 5 rings (SSSR count). The Bertz CT molecular complexity index is 979. The van der Waals surface area contributed by atoms with Gasteiger partial charge in [0.25, 0.3) is 5.91 Å². The highest BCUT2D eigenvalue weighted by Gasteiger charge is 2.49. The Hall–Kier alpha value is -2.96. The average Bonchev–Trinajstić information content (AvgIpc) is 2.99. The lowest BCUT2D eigenvalue weighted by molar-refractivity contribution is -0.122. The van der Waals surface area contributed by atoms with Crippen molar-refractivity contribution >= 4 is 23.5 Å². The first-order chi connectivity index (χ1) is 13.6. The second kappa shape index (κ2) is 6.29. The zero-order valence-corrected chi connectivity index (χ0v) is 15.7. The molecule has 0 bridgehead atoms. The second-order valence-electron chi connectivity index (χ2n) is 7.94. The third-order valence-corrected chi connectivity index (χ3v) is 6.43. The molecule has 3 heterocycles. The van der Waals surface area contributed by atoms with Gasteiger partial charge in [-0.05, 0) is 50.2 Å². The van der Waals surface area contributed by atoms with E-state index in [1.807, 2.05) is 29.2 Å². The van der Waals surface area contributed by atoms with Crippen LogP contribution >= 0.6 is 0 Å². The van der Waals surface area contributed by atoms with Crippen molar-refractivity contribution in [3.63, 3.8) is 0 Å². The zero-order chi connectivity index (χ0) is 19.3. The summed E-state index contributed by atoms with van der Waals surface area (Å²) in [6.45, 7) is 1.05. The lowest BCUT2D eigenvalue weighted by Gasteiger charge is -2.38. The van der Waals surface area contributed by atoms with E-state index < -0.39 is 5.41 Å². The number of carbonyl (C=O) groups excluding carboxylic acids is 2. The standard InChI is InChI=1S/C21H23N5O2/c22-20-24-15-7-3-1-5-13(15)17(25-20)18(27)26-11-9-21(10-12-26)14-6-2-4-8-16(14)23-19(21)28/h2,4,6,8H,1,3,5,7,9-12H2,(H,23,28)(H2,22,24,25). The van der Waals surface area contributed by atoms with Crippen molar-refractivity contribution < 1.29 is 9.59 Å². The third-order valence-electron chi connectivity index (χ3n) is 6.43. The van der Waals surface area contributed by atoms with Crippen LogP contribution in [0.4, 0.5) is 11.6 Å². The molecule has 1 aromatic heterocycles. The molecule has 3 N–H and O–H groups in total. The van der Waals surface area contributed by atoms with Gasteiger partial charge in [-0.1, -0.05) is 18.2 Å². The predicted molar refractivity (Wildman–Crippen MR) is 105 cm³/mol. The van der Waals surface area contributed by atoms with Crippen molar-refractivity contribution in [2.24, 2.45) is 0 Å². The molecular weight excluding hydrogens is 354 g/mol. The summed E-state index contributed by atoms with van der Waals surface area (Å²) in [5, 5.41) is 3.00. The number of hydrogen-bond donors (Lipinski definition) is 2. The summed E-state index contributed by atoms with van der Waals surface area (Å²) in [6, 6.07) is 7.86. The molecule has 0 unspecified atom stereocenters.